The molecular weight excluding hydrogens is 230 g/mol. The van der Waals surface area contributed by atoms with Crippen LogP contribution in [0.4, 0.5) is 4.79 Å². The zero-order valence-corrected chi connectivity index (χ0v) is 12.5. The normalized spacial score (nSPS) is 25.7. The maximum Gasteiger partial charge on any atom is 0.410 e. The van der Waals surface area contributed by atoms with Crippen LogP contribution in [0.1, 0.15) is 54.4 Å². The molecule has 1 aliphatic heterocycles. The molecule has 0 aliphatic carbocycles. The molecular formula is C14H27NO3. The molecule has 0 radical (unpaired) electrons. The van der Waals surface area contributed by atoms with Gasteiger partial charge < -0.3 is 14.7 Å². The van der Waals surface area contributed by atoms with Crippen LogP contribution in [0.2, 0.25) is 0 Å². The Kier molecular flexibility index (Phi) is 4.31. The summed E-state index contributed by atoms with van der Waals surface area (Å²) in [5, 5.41) is 9.82. The van der Waals surface area contributed by atoms with Crippen molar-refractivity contribution in [1.29, 1.82) is 0 Å². The Morgan fingerprint density at radius 1 is 1.44 bits per heavy atom. The van der Waals surface area contributed by atoms with Gasteiger partial charge in [0, 0.05) is 6.54 Å². The van der Waals surface area contributed by atoms with E-state index in [0.29, 0.717) is 6.54 Å². The molecule has 1 fully saturated rings. The summed E-state index contributed by atoms with van der Waals surface area (Å²) in [4.78, 5) is 13.9. The number of carbonyl (C=O) groups excluding carboxylic acids is 1. The zero-order chi connectivity index (χ0) is 14.1. The molecule has 0 saturated carbocycles. The molecule has 1 aliphatic rings. The number of ether oxygens (including phenoxy) is 1. The minimum Gasteiger partial charge on any atom is -0.444 e. The lowest BCUT2D eigenvalue weighted by Crippen LogP contribution is -2.54. The number of carbonyl (C=O) groups is 1. The van der Waals surface area contributed by atoms with E-state index in [1.807, 2.05) is 20.8 Å². The van der Waals surface area contributed by atoms with Crippen molar-refractivity contribution >= 4 is 6.09 Å². The van der Waals surface area contributed by atoms with Crippen molar-refractivity contribution in [3.63, 3.8) is 0 Å². The molecule has 1 unspecified atom stereocenters. The largest absolute Gasteiger partial charge is 0.444 e. The van der Waals surface area contributed by atoms with Crippen molar-refractivity contribution < 1.29 is 14.6 Å². The SMILES string of the molecule is C[C@H](O)C1CCC(C)(C)CN1C(=O)OC(C)(C)C. The predicted octanol–water partition coefficient (Wildman–Crippen LogP) is 2.79. The van der Waals surface area contributed by atoms with E-state index >= 15 is 0 Å². The van der Waals surface area contributed by atoms with Gasteiger partial charge in [-0.25, -0.2) is 4.79 Å². The maximum atomic E-state index is 12.2. The first-order chi connectivity index (χ1) is 8.02. The van der Waals surface area contributed by atoms with Crippen LogP contribution in [0, 0.1) is 5.41 Å². The number of amides is 1. The van der Waals surface area contributed by atoms with Crippen LogP contribution < -0.4 is 0 Å². The lowest BCUT2D eigenvalue weighted by molar-refractivity contribution is -0.0332. The van der Waals surface area contributed by atoms with Gasteiger partial charge in [0.05, 0.1) is 12.1 Å². The number of hydrogen-bond acceptors (Lipinski definition) is 3. The Hall–Kier alpha value is -0.770. The van der Waals surface area contributed by atoms with Gasteiger partial charge in [-0.1, -0.05) is 13.8 Å². The first-order valence-corrected chi connectivity index (χ1v) is 6.69. The van der Waals surface area contributed by atoms with Crippen molar-refractivity contribution in [2.24, 2.45) is 5.41 Å². The molecule has 1 amide bonds. The summed E-state index contributed by atoms with van der Waals surface area (Å²) in [5.74, 6) is 0. The van der Waals surface area contributed by atoms with Crippen LogP contribution in [0.3, 0.4) is 0 Å². The second kappa shape index (κ2) is 5.08. The summed E-state index contributed by atoms with van der Waals surface area (Å²) in [6.45, 7) is 12.2. The van der Waals surface area contributed by atoms with Crippen molar-refractivity contribution in [2.75, 3.05) is 6.54 Å². The standard InChI is InChI=1S/C14H27NO3/c1-10(16)11-7-8-14(5,6)9-15(11)12(17)18-13(2,3)4/h10-11,16H,7-9H2,1-6H3/t10-,11?/m0/s1. The van der Waals surface area contributed by atoms with E-state index in [0.717, 1.165) is 12.8 Å². The summed E-state index contributed by atoms with van der Waals surface area (Å²) in [6, 6.07) is -0.132. The van der Waals surface area contributed by atoms with Crippen molar-refractivity contribution in [2.45, 2.75) is 72.1 Å². The van der Waals surface area contributed by atoms with Gasteiger partial charge in [0.25, 0.3) is 0 Å². The summed E-state index contributed by atoms with van der Waals surface area (Å²) < 4.78 is 5.43. The van der Waals surface area contributed by atoms with Crippen LogP contribution in [-0.2, 0) is 4.74 Å². The number of likely N-dealkylation sites (tertiary alicyclic amines) is 1. The van der Waals surface area contributed by atoms with Gasteiger partial charge in [-0.3, -0.25) is 0 Å². The third-order valence-corrected chi connectivity index (χ3v) is 3.30. The summed E-state index contributed by atoms with van der Waals surface area (Å²) >= 11 is 0. The van der Waals surface area contributed by atoms with Gasteiger partial charge in [0.1, 0.15) is 5.60 Å². The average Bonchev–Trinajstić information content (AvgIpc) is 2.12. The fraction of sp³-hybridized carbons (Fsp3) is 0.929. The van der Waals surface area contributed by atoms with Crippen LogP contribution >= 0.6 is 0 Å². The minimum absolute atomic E-state index is 0.0856. The Labute approximate surface area is 110 Å². The minimum atomic E-state index is -0.520. The second-order valence-corrected chi connectivity index (χ2v) is 7.12. The van der Waals surface area contributed by atoms with Gasteiger partial charge in [-0.05, 0) is 46.0 Å². The smallest absolute Gasteiger partial charge is 0.410 e. The molecule has 1 heterocycles. The van der Waals surface area contributed by atoms with Gasteiger partial charge in [0.15, 0.2) is 0 Å². The molecule has 0 spiro atoms. The fourth-order valence-corrected chi connectivity index (χ4v) is 2.37. The lowest BCUT2D eigenvalue weighted by atomic mass is 9.80. The van der Waals surface area contributed by atoms with Gasteiger partial charge in [0.2, 0.25) is 0 Å². The number of aliphatic hydroxyl groups excluding tert-OH is 1. The number of nitrogens with zero attached hydrogens (tertiary/aromatic N) is 1. The summed E-state index contributed by atoms with van der Waals surface area (Å²) in [7, 11) is 0. The molecule has 18 heavy (non-hydrogen) atoms. The Balaban J connectivity index is 2.82. The molecule has 0 bridgehead atoms. The van der Waals surface area contributed by atoms with Crippen LogP contribution in [0.15, 0.2) is 0 Å². The lowest BCUT2D eigenvalue weighted by Gasteiger charge is -2.44. The first kappa shape index (κ1) is 15.3. The zero-order valence-electron chi connectivity index (χ0n) is 12.5. The monoisotopic (exact) mass is 257 g/mol. The highest BCUT2D eigenvalue weighted by Gasteiger charge is 2.39. The molecule has 1 N–H and O–H groups in total. The second-order valence-electron chi connectivity index (χ2n) is 7.12. The van der Waals surface area contributed by atoms with Gasteiger partial charge in [-0.15, -0.1) is 0 Å². The van der Waals surface area contributed by atoms with E-state index < -0.39 is 11.7 Å². The van der Waals surface area contributed by atoms with Gasteiger partial charge in [-0.2, -0.15) is 0 Å². The number of aliphatic hydroxyl groups is 1. The molecule has 0 aromatic rings. The quantitative estimate of drug-likeness (QED) is 0.786. The molecule has 106 valence electrons. The van der Waals surface area contributed by atoms with Crippen molar-refractivity contribution in [1.82, 2.24) is 4.90 Å². The Bertz CT molecular complexity index is 305. The fourth-order valence-electron chi connectivity index (χ4n) is 2.37. The van der Waals surface area contributed by atoms with Gasteiger partial charge >= 0.3 is 6.09 Å². The van der Waals surface area contributed by atoms with Crippen molar-refractivity contribution in [3.8, 4) is 0 Å². The van der Waals surface area contributed by atoms with Crippen LogP contribution in [0.25, 0.3) is 0 Å². The highest BCUT2D eigenvalue weighted by molar-refractivity contribution is 5.69. The summed E-state index contributed by atoms with van der Waals surface area (Å²) in [6.07, 6.45) is 1.00. The van der Waals surface area contributed by atoms with E-state index in [1.54, 1.807) is 11.8 Å². The molecule has 0 aromatic carbocycles. The van der Waals surface area contributed by atoms with Crippen LogP contribution in [0.5, 0.6) is 0 Å². The molecule has 2 atom stereocenters. The highest BCUT2D eigenvalue weighted by atomic mass is 16.6. The van der Waals surface area contributed by atoms with Crippen molar-refractivity contribution in [3.05, 3.63) is 0 Å². The molecule has 0 aromatic heterocycles. The molecule has 1 saturated heterocycles. The average molecular weight is 257 g/mol. The van der Waals surface area contributed by atoms with E-state index in [4.69, 9.17) is 4.74 Å². The predicted molar refractivity (Wildman–Crippen MR) is 71.4 cm³/mol. The third kappa shape index (κ3) is 4.16. The number of rotatable bonds is 1. The van der Waals surface area contributed by atoms with E-state index in [2.05, 4.69) is 13.8 Å². The topological polar surface area (TPSA) is 49.8 Å². The highest BCUT2D eigenvalue weighted by Crippen LogP contribution is 2.34. The van der Waals surface area contributed by atoms with E-state index in [-0.39, 0.29) is 17.6 Å². The van der Waals surface area contributed by atoms with E-state index in [1.165, 1.54) is 0 Å². The summed E-state index contributed by atoms with van der Waals surface area (Å²) in [5.41, 5.74) is -0.412. The van der Waals surface area contributed by atoms with Crippen LogP contribution in [-0.4, -0.2) is 40.4 Å². The number of hydrogen-bond donors (Lipinski definition) is 1. The number of piperidine rings is 1. The Morgan fingerprint density at radius 3 is 2.44 bits per heavy atom. The molecule has 4 nitrogen and oxygen atoms in total. The third-order valence-electron chi connectivity index (χ3n) is 3.30. The Morgan fingerprint density at radius 2 is 2.00 bits per heavy atom. The first-order valence-electron chi connectivity index (χ1n) is 6.69. The maximum absolute atomic E-state index is 12.2. The van der Waals surface area contributed by atoms with E-state index in [9.17, 15) is 9.90 Å². The molecule has 4 heteroatoms. The molecule has 1 rings (SSSR count).